The zero-order chi connectivity index (χ0) is 18.4. The molecule has 3 N–H and O–H groups in total. The van der Waals surface area contributed by atoms with Crippen LogP contribution < -0.4 is 15.8 Å². The molecule has 1 atom stereocenters. The van der Waals surface area contributed by atoms with Crippen molar-refractivity contribution in [1.29, 1.82) is 0 Å². The van der Waals surface area contributed by atoms with Crippen LogP contribution in [0.2, 0.25) is 0 Å². The summed E-state index contributed by atoms with van der Waals surface area (Å²) in [4.78, 5) is 18.3. The van der Waals surface area contributed by atoms with E-state index in [9.17, 15) is 4.79 Å². The summed E-state index contributed by atoms with van der Waals surface area (Å²) < 4.78 is 5.57. The highest BCUT2D eigenvalue weighted by Gasteiger charge is 2.23. The van der Waals surface area contributed by atoms with Crippen LogP contribution in [0, 0.1) is 5.92 Å². The average Bonchev–Trinajstić information content (AvgIpc) is 3.08. The average molecular weight is 358 g/mol. The molecule has 3 rings (SSSR count). The van der Waals surface area contributed by atoms with Crippen molar-refractivity contribution in [2.24, 2.45) is 16.6 Å². The van der Waals surface area contributed by atoms with Gasteiger partial charge in [-0.05, 0) is 49.3 Å². The van der Waals surface area contributed by atoms with E-state index in [1.807, 2.05) is 0 Å². The molecule has 1 aromatic rings. The van der Waals surface area contributed by atoms with Crippen molar-refractivity contribution in [2.45, 2.75) is 39.0 Å². The molecule has 0 aliphatic carbocycles. The first-order valence-corrected chi connectivity index (χ1v) is 9.72. The standard InChI is InChI=1S/C20H30N4O2/c1-2-22-20(24-10-3-4-16(14-24)13-19(21)25)23-9-7-15-5-6-18-17(12-15)8-11-26-18/h5-6,12,16H,2-4,7-11,13-14H2,1H3,(H2,21,25)(H,22,23). The number of nitrogens with two attached hydrogens (primary N) is 1. The normalized spacial score (nSPS) is 19.8. The van der Waals surface area contributed by atoms with Crippen molar-refractivity contribution in [1.82, 2.24) is 10.2 Å². The van der Waals surface area contributed by atoms with Crippen LogP contribution in [0.15, 0.2) is 23.2 Å². The van der Waals surface area contributed by atoms with Gasteiger partial charge in [-0.3, -0.25) is 9.79 Å². The van der Waals surface area contributed by atoms with Crippen LogP contribution >= 0.6 is 0 Å². The van der Waals surface area contributed by atoms with E-state index in [0.717, 1.165) is 70.2 Å². The Labute approximate surface area is 155 Å². The first kappa shape index (κ1) is 18.5. The van der Waals surface area contributed by atoms with E-state index in [-0.39, 0.29) is 5.91 Å². The van der Waals surface area contributed by atoms with Gasteiger partial charge in [-0.2, -0.15) is 0 Å². The summed E-state index contributed by atoms with van der Waals surface area (Å²) >= 11 is 0. The molecule has 6 nitrogen and oxygen atoms in total. The molecule has 0 aromatic heterocycles. The second-order valence-corrected chi connectivity index (χ2v) is 7.15. The number of carbonyl (C=O) groups excluding carboxylic acids is 1. The Morgan fingerprint density at radius 1 is 1.46 bits per heavy atom. The zero-order valence-corrected chi connectivity index (χ0v) is 15.7. The van der Waals surface area contributed by atoms with Gasteiger partial charge >= 0.3 is 0 Å². The Hall–Kier alpha value is -2.24. The third-order valence-electron chi connectivity index (χ3n) is 5.06. The second kappa shape index (κ2) is 8.92. The van der Waals surface area contributed by atoms with Gasteiger partial charge in [0.25, 0.3) is 0 Å². The number of hydrogen-bond acceptors (Lipinski definition) is 3. The summed E-state index contributed by atoms with van der Waals surface area (Å²) in [5, 5.41) is 3.39. The van der Waals surface area contributed by atoms with Crippen LogP contribution in [0.4, 0.5) is 0 Å². The summed E-state index contributed by atoms with van der Waals surface area (Å²) in [5.41, 5.74) is 7.99. The minimum absolute atomic E-state index is 0.209. The fourth-order valence-corrected chi connectivity index (χ4v) is 3.82. The highest BCUT2D eigenvalue weighted by molar-refractivity contribution is 5.80. The van der Waals surface area contributed by atoms with Crippen molar-refractivity contribution in [3.05, 3.63) is 29.3 Å². The summed E-state index contributed by atoms with van der Waals surface area (Å²) in [7, 11) is 0. The third kappa shape index (κ3) is 4.90. The van der Waals surface area contributed by atoms with Gasteiger partial charge in [0.1, 0.15) is 5.75 Å². The first-order chi connectivity index (χ1) is 12.7. The maximum atomic E-state index is 11.2. The number of carbonyl (C=O) groups is 1. The van der Waals surface area contributed by atoms with E-state index in [1.54, 1.807) is 0 Å². The van der Waals surface area contributed by atoms with Crippen LogP contribution in [-0.4, -0.2) is 49.6 Å². The molecule has 0 bridgehead atoms. The molecule has 6 heteroatoms. The molecule has 142 valence electrons. The molecule has 1 aromatic carbocycles. The number of nitrogens with one attached hydrogen (secondary N) is 1. The second-order valence-electron chi connectivity index (χ2n) is 7.15. The van der Waals surface area contributed by atoms with E-state index in [0.29, 0.717) is 12.3 Å². The predicted molar refractivity (Wildman–Crippen MR) is 103 cm³/mol. The molecule has 1 amide bonds. The van der Waals surface area contributed by atoms with Gasteiger partial charge in [0.05, 0.1) is 6.61 Å². The fraction of sp³-hybridized carbons (Fsp3) is 0.600. The Morgan fingerprint density at radius 2 is 2.35 bits per heavy atom. The van der Waals surface area contributed by atoms with Gasteiger partial charge in [0, 0.05) is 39.0 Å². The van der Waals surface area contributed by atoms with Crippen molar-refractivity contribution < 1.29 is 9.53 Å². The van der Waals surface area contributed by atoms with Crippen LogP contribution in [0.1, 0.15) is 37.3 Å². The summed E-state index contributed by atoms with van der Waals surface area (Å²) in [6.07, 6.45) is 4.53. The SMILES string of the molecule is CCNC(=NCCc1ccc2c(c1)CCO2)N1CCCC(CC(N)=O)C1. The van der Waals surface area contributed by atoms with Gasteiger partial charge in [-0.1, -0.05) is 12.1 Å². The van der Waals surface area contributed by atoms with Gasteiger partial charge in [0.15, 0.2) is 5.96 Å². The van der Waals surface area contributed by atoms with E-state index in [2.05, 4.69) is 35.3 Å². The topological polar surface area (TPSA) is 80.0 Å². The van der Waals surface area contributed by atoms with Gasteiger partial charge < -0.3 is 20.7 Å². The monoisotopic (exact) mass is 358 g/mol. The van der Waals surface area contributed by atoms with Crippen molar-refractivity contribution in [3.8, 4) is 5.75 Å². The summed E-state index contributed by atoms with van der Waals surface area (Å²) in [6, 6.07) is 6.45. The molecule has 2 aliphatic heterocycles. The number of piperidine rings is 1. The number of aliphatic imine (C=N–C) groups is 1. The number of benzene rings is 1. The molecule has 1 unspecified atom stereocenters. The Bertz CT molecular complexity index is 659. The number of nitrogens with zero attached hydrogens (tertiary/aromatic N) is 2. The number of rotatable bonds is 6. The lowest BCUT2D eigenvalue weighted by molar-refractivity contribution is -0.119. The molecular formula is C20H30N4O2. The van der Waals surface area contributed by atoms with E-state index < -0.39 is 0 Å². The molecular weight excluding hydrogens is 328 g/mol. The fourth-order valence-electron chi connectivity index (χ4n) is 3.82. The molecule has 1 saturated heterocycles. The van der Waals surface area contributed by atoms with E-state index in [1.165, 1.54) is 11.1 Å². The summed E-state index contributed by atoms with van der Waals surface area (Å²) in [6.45, 7) is 6.30. The number of primary amides is 1. The summed E-state index contributed by atoms with van der Waals surface area (Å²) in [5.74, 6) is 2.10. The highest BCUT2D eigenvalue weighted by atomic mass is 16.5. The Kier molecular flexibility index (Phi) is 6.36. The highest BCUT2D eigenvalue weighted by Crippen LogP contribution is 2.26. The molecule has 1 fully saturated rings. The maximum Gasteiger partial charge on any atom is 0.217 e. The zero-order valence-electron chi connectivity index (χ0n) is 15.7. The lowest BCUT2D eigenvalue weighted by Crippen LogP contribution is -2.47. The molecule has 0 spiro atoms. The number of likely N-dealkylation sites (tertiary alicyclic amines) is 1. The number of hydrogen-bond donors (Lipinski definition) is 2. The lowest BCUT2D eigenvalue weighted by atomic mass is 9.95. The lowest BCUT2D eigenvalue weighted by Gasteiger charge is -2.34. The smallest absolute Gasteiger partial charge is 0.217 e. The molecule has 2 heterocycles. The minimum atomic E-state index is -0.209. The predicted octanol–water partition coefficient (Wildman–Crippen LogP) is 1.72. The molecule has 0 saturated carbocycles. The van der Waals surface area contributed by atoms with Gasteiger partial charge in [-0.15, -0.1) is 0 Å². The van der Waals surface area contributed by atoms with Crippen molar-refractivity contribution >= 4 is 11.9 Å². The van der Waals surface area contributed by atoms with Crippen LogP contribution in [0.3, 0.4) is 0 Å². The van der Waals surface area contributed by atoms with Gasteiger partial charge in [0.2, 0.25) is 5.91 Å². The van der Waals surface area contributed by atoms with Crippen molar-refractivity contribution in [3.63, 3.8) is 0 Å². The van der Waals surface area contributed by atoms with E-state index >= 15 is 0 Å². The number of guanidine groups is 1. The number of amides is 1. The van der Waals surface area contributed by atoms with Gasteiger partial charge in [-0.25, -0.2) is 0 Å². The van der Waals surface area contributed by atoms with Crippen LogP contribution in [0.5, 0.6) is 5.75 Å². The molecule has 2 aliphatic rings. The Morgan fingerprint density at radius 3 is 3.15 bits per heavy atom. The Balaban J connectivity index is 1.58. The number of fused-ring (bicyclic) bond motifs is 1. The maximum absolute atomic E-state index is 11.2. The third-order valence-corrected chi connectivity index (χ3v) is 5.06. The van der Waals surface area contributed by atoms with Crippen LogP contribution in [-0.2, 0) is 17.6 Å². The van der Waals surface area contributed by atoms with Crippen molar-refractivity contribution in [2.75, 3.05) is 32.8 Å². The van der Waals surface area contributed by atoms with E-state index in [4.69, 9.17) is 15.5 Å². The van der Waals surface area contributed by atoms with Crippen LogP contribution in [0.25, 0.3) is 0 Å². The minimum Gasteiger partial charge on any atom is -0.493 e. The first-order valence-electron chi connectivity index (χ1n) is 9.72. The number of ether oxygens (including phenoxy) is 1. The molecule has 0 radical (unpaired) electrons. The molecule has 26 heavy (non-hydrogen) atoms. The quantitative estimate of drug-likeness (QED) is 0.599. The largest absolute Gasteiger partial charge is 0.493 e.